The summed E-state index contributed by atoms with van der Waals surface area (Å²) in [5.41, 5.74) is 0.761. The van der Waals surface area contributed by atoms with Gasteiger partial charge in [0.05, 0.1) is 12.7 Å². The molecule has 20 heavy (non-hydrogen) atoms. The first kappa shape index (κ1) is 14.3. The van der Waals surface area contributed by atoms with Gasteiger partial charge in [-0.1, -0.05) is 6.07 Å². The molecule has 2 aromatic rings. The lowest BCUT2D eigenvalue weighted by Crippen LogP contribution is -2.22. The molecular formula is C15H16FNO3. The lowest BCUT2D eigenvalue weighted by Gasteiger charge is -2.11. The highest BCUT2D eigenvalue weighted by molar-refractivity contribution is 5.49. The lowest BCUT2D eigenvalue weighted by molar-refractivity contribution is 0.105. The number of hydrogen-bond donors (Lipinski definition) is 3. The van der Waals surface area contributed by atoms with Crippen LogP contribution in [0.1, 0.15) is 0 Å². The van der Waals surface area contributed by atoms with E-state index in [2.05, 4.69) is 5.32 Å². The fraction of sp³-hybridized carbons (Fsp3) is 0.200. The standard InChI is InChI=1S/C15H16FNO3/c16-11-4-6-14(7-5-11)20-15-3-1-2-12(8-15)17-9-13(19)10-18/h1-8,13,17-19H,9-10H2. The van der Waals surface area contributed by atoms with Crippen molar-refractivity contribution in [3.63, 3.8) is 0 Å². The van der Waals surface area contributed by atoms with Gasteiger partial charge in [-0.25, -0.2) is 4.39 Å². The Balaban J connectivity index is 2.00. The molecule has 1 atom stereocenters. The zero-order valence-corrected chi connectivity index (χ0v) is 10.8. The quantitative estimate of drug-likeness (QED) is 0.758. The van der Waals surface area contributed by atoms with Crippen molar-refractivity contribution in [2.45, 2.75) is 6.10 Å². The van der Waals surface area contributed by atoms with Crippen LogP contribution in [0.3, 0.4) is 0 Å². The summed E-state index contributed by atoms with van der Waals surface area (Å²) in [6, 6.07) is 12.9. The molecule has 0 aliphatic carbocycles. The first-order chi connectivity index (χ1) is 9.67. The van der Waals surface area contributed by atoms with Gasteiger partial charge in [0.1, 0.15) is 17.3 Å². The van der Waals surface area contributed by atoms with Crippen molar-refractivity contribution in [1.29, 1.82) is 0 Å². The van der Waals surface area contributed by atoms with Crippen molar-refractivity contribution < 1.29 is 19.3 Å². The number of halogens is 1. The van der Waals surface area contributed by atoms with Crippen molar-refractivity contribution in [3.8, 4) is 11.5 Å². The summed E-state index contributed by atoms with van der Waals surface area (Å²) in [5, 5.41) is 21.0. The first-order valence-corrected chi connectivity index (χ1v) is 6.23. The van der Waals surface area contributed by atoms with Gasteiger partial charge in [0.25, 0.3) is 0 Å². The van der Waals surface area contributed by atoms with Crippen LogP contribution in [-0.4, -0.2) is 29.5 Å². The Bertz CT molecular complexity index is 545. The third kappa shape index (κ3) is 4.22. The maximum atomic E-state index is 12.8. The Labute approximate surface area is 116 Å². The van der Waals surface area contributed by atoms with Crippen molar-refractivity contribution in [2.75, 3.05) is 18.5 Å². The minimum atomic E-state index is -0.809. The van der Waals surface area contributed by atoms with Crippen LogP contribution in [0.5, 0.6) is 11.5 Å². The van der Waals surface area contributed by atoms with E-state index in [1.165, 1.54) is 12.1 Å². The highest BCUT2D eigenvalue weighted by atomic mass is 19.1. The fourth-order valence-corrected chi connectivity index (χ4v) is 1.61. The Morgan fingerprint density at radius 3 is 2.55 bits per heavy atom. The molecule has 106 valence electrons. The van der Waals surface area contributed by atoms with Crippen molar-refractivity contribution in [2.24, 2.45) is 0 Å². The topological polar surface area (TPSA) is 61.7 Å². The van der Waals surface area contributed by atoms with Gasteiger partial charge < -0.3 is 20.3 Å². The molecule has 0 aliphatic heterocycles. The molecule has 3 N–H and O–H groups in total. The maximum absolute atomic E-state index is 12.8. The normalized spacial score (nSPS) is 11.9. The smallest absolute Gasteiger partial charge is 0.129 e. The van der Waals surface area contributed by atoms with E-state index in [4.69, 9.17) is 9.84 Å². The summed E-state index contributed by atoms with van der Waals surface area (Å²) in [5.74, 6) is 0.824. The van der Waals surface area contributed by atoms with E-state index < -0.39 is 6.10 Å². The minimum absolute atomic E-state index is 0.247. The number of nitrogens with one attached hydrogen (secondary N) is 1. The zero-order chi connectivity index (χ0) is 14.4. The van der Waals surface area contributed by atoms with E-state index in [0.29, 0.717) is 11.5 Å². The Morgan fingerprint density at radius 2 is 1.85 bits per heavy atom. The minimum Gasteiger partial charge on any atom is -0.457 e. The third-order valence-corrected chi connectivity index (χ3v) is 2.64. The molecule has 2 aromatic carbocycles. The average molecular weight is 277 g/mol. The summed E-state index contributed by atoms with van der Waals surface area (Å²) >= 11 is 0. The van der Waals surface area contributed by atoms with Crippen LogP contribution in [0.25, 0.3) is 0 Å². The van der Waals surface area contributed by atoms with Crippen LogP contribution in [0.2, 0.25) is 0 Å². The monoisotopic (exact) mass is 277 g/mol. The predicted molar refractivity (Wildman–Crippen MR) is 74.5 cm³/mol. The largest absolute Gasteiger partial charge is 0.457 e. The zero-order valence-electron chi connectivity index (χ0n) is 10.8. The summed E-state index contributed by atoms with van der Waals surface area (Å²) in [4.78, 5) is 0. The van der Waals surface area contributed by atoms with Gasteiger partial charge in [-0.3, -0.25) is 0 Å². The second-order valence-corrected chi connectivity index (χ2v) is 4.30. The van der Waals surface area contributed by atoms with E-state index in [-0.39, 0.29) is 19.0 Å². The van der Waals surface area contributed by atoms with Crippen LogP contribution < -0.4 is 10.1 Å². The molecule has 0 amide bonds. The SMILES string of the molecule is OCC(O)CNc1cccc(Oc2ccc(F)cc2)c1. The predicted octanol–water partition coefficient (Wildman–Crippen LogP) is 2.38. The van der Waals surface area contributed by atoms with Gasteiger partial charge in [-0.2, -0.15) is 0 Å². The van der Waals surface area contributed by atoms with Crippen LogP contribution in [-0.2, 0) is 0 Å². The van der Waals surface area contributed by atoms with Gasteiger partial charge in [0, 0.05) is 18.3 Å². The number of benzene rings is 2. The lowest BCUT2D eigenvalue weighted by atomic mass is 10.2. The van der Waals surface area contributed by atoms with Gasteiger partial charge >= 0.3 is 0 Å². The highest BCUT2D eigenvalue weighted by Gasteiger charge is 2.03. The summed E-state index contributed by atoms with van der Waals surface area (Å²) in [7, 11) is 0. The molecule has 0 fully saturated rings. The molecule has 1 unspecified atom stereocenters. The van der Waals surface area contributed by atoms with Gasteiger partial charge in [0.15, 0.2) is 0 Å². The van der Waals surface area contributed by atoms with Gasteiger partial charge in [0.2, 0.25) is 0 Å². The van der Waals surface area contributed by atoms with E-state index in [9.17, 15) is 9.50 Å². The summed E-state index contributed by atoms with van der Waals surface area (Å²) in [6.07, 6.45) is -0.809. The molecule has 0 saturated heterocycles. The van der Waals surface area contributed by atoms with E-state index in [1.54, 1.807) is 30.3 Å². The Kier molecular flexibility index (Phi) is 4.92. The molecule has 0 spiro atoms. The summed E-state index contributed by atoms with van der Waals surface area (Å²) in [6.45, 7) is -0.0464. The number of ether oxygens (including phenoxy) is 1. The van der Waals surface area contributed by atoms with E-state index in [1.807, 2.05) is 6.07 Å². The number of hydrogen-bond acceptors (Lipinski definition) is 4. The van der Waals surface area contributed by atoms with Crippen LogP contribution in [0, 0.1) is 5.82 Å². The van der Waals surface area contributed by atoms with Crippen LogP contribution in [0.15, 0.2) is 48.5 Å². The van der Waals surface area contributed by atoms with Crippen molar-refractivity contribution in [1.82, 2.24) is 0 Å². The highest BCUT2D eigenvalue weighted by Crippen LogP contribution is 2.24. The van der Waals surface area contributed by atoms with Crippen LogP contribution >= 0.6 is 0 Å². The fourth-order valence-electron chi connectivity index (χ4n) is 1.61. The molecule has 2 rings (SSSR count). The molecule has 0 radical (unpaired) electrons. The Morgan fingerprint density at radius 1 is 1.10 bits per heavy atom. The molecule has 0 aliphatic rings. The van der Waals surface area contributed by atoms with Crippen molar-refractivity contribution in [3.05, 3.63) is 54.3 Å². The van der Waals surface area contributed by atoms with Gasteiger partial charge in [-0.15, -0.1) is 0 Å². The molecule has 0 heterocycles. The Hall–Kier alpha value is -2.11. The number of aliphatic hydroxyl groups excluding tert-OH is 2. The number of anilines is 1. The number of rotatable bonds is 6. The molecular weight excluding hydrogens is 261 g/mol. The maximum Gasteiger partial charge on any atom is 0.129 e. The molecule has 0 aromatic heterocycles. The van der Waals surface area contributed by atoms with Gasteiger partial charge in [-0.05, 0) is 36.4 Å². The second-order valence-electron chi connectivity index (χ2n) is 4.30. The number of aliphatic hydroxyl groups is 2. The van der Waals surface area contributed by atoms with E-state index >= 15 is 0 Å². The second kappa shape index (κ2) is 6.88. The van der Waals surface area contributed by atoms with Crippen LogP contribution in [0.4, 0.5) is 10.1 Å². The first-order valence-electron chi connectivity index (χ1n) is 6.23. The van der Waals surface area contributed by atoms with Crippen molar-refractivity contribution >= 4 is 5.69 Å². The third-order valence-electron chi connectivity index (χ3n) is 2.64. The summed E-state index contributed by atoms with van der Waals surface area (Å²) < 4.78 is 18.4. The molecule has 0 bridgehead atoms. The molecule has 0 saturated carbocycles. The molecule has 4 nitrogen and oxygen atoms in total. The molecule has 5 heteroatoms. The van der Waals surface area contributed by atoms with E-state index in [0.717, 1.165) is 5.69 Å². The average Bonchev–Trinajstić information content (AvgIpc) is 2.47.